The molecule has 16 heavy (non-hydrogen) atoms. The van der Waals surface area contributed by atoms with Crippen molar-refractivity contribution in [3.63, 3.8) is 0 Å². The molecule has 0 aromatic rings. The second-order valence-electron chi connectivity index (χ2n) is 7.07. The maximum atomic E-state index is 3.66. The first kappa shape index (κ1) is 14.0. The summed E-state index contributed by atoms with van der Waals surface area (Å²) in [5.74, 6) is 2.60. The molecule has 0 heterocycles. The fraction of sp³-hybridized carbons (Fsp3) is 1.00. The van der Waals surface area contributed by atoms with Crippen molar-refractivity contribution in [2.75, 3.05) is 13.1 Å². The molecule has 1 fully saturated rings. The quantitative estimate of drug-likeness (QED) is 0.760. The molecular formula is C15H31N. The predicted octanol–water partition coefficient (Wildman–Crippen LogP) is 4.08. The third-order valence-electron chi connectivity index (χ3n) is 3.98. The second-order valence-corrected chi connectivity index (χ2v) is 7.07. The van der Waals surface area contributed by atoms with E-state index in [2.05, 4.69) is 39.9 Å². The van der Waals surface area contributed by atoms with Crippen molar-refractivity contribution in [3.8, 4) is 0 Å². The van der Waals surface area contributed by atoms with Crippen molar-refractivity contribution in [2.45, 2.75) is 60.3 Å². The SMILES string of the molecule is CC(C)CNCC1CCCCC1C(C)(C)C. The normalized spacial score (nSPS) is 27.4. The standard InChI is InChI=1S/C15H31N/c1-12(2)10-16-11-13-8-6-7-9-14(13)15(3,4)5/h12-14,16H,6-11H2,1-5H3. The molecule has 1 N–H and O–H groups in total. The van der Waals surface area contributed by atoms with Crippen molar-refractivity contribution in [3.05, 3.63) is 0 Å². The van der Waals surface area contributed by atoms with Gasteiger partial charge in [-0.2, -0.15) is 0 Å². The van der Waals surface area contributed by atoms with Gasteiger partial charge in [-0.25, -0.2) is 0 Å². The fourth-order valence-electron chi connectivity index (χ4n) is 3.15. The summed E-state index contributed by atoms with van der Waals surface area (Å²) in [5.41, 5.74) is 0.491. The molecule has 1 aliphatic rings. The summed E-state index contributed by atoms with van der Waals surface area (Å²) in [7, 11) is 0. The van der Waals surface area contributed by atoms with Crippen molar-refractivity contribution in [1.29, 1.82) is 0 Å². The van der Waals surface area contributed by atoms with E-state index in [9.17, 15) is 0 Å². The van der Waals surface area contributed by atoms with Crippen molar-refractivity contribution in [1.82, 2.24) is 5.32 Å². The minimum atomic E-state index is 0.491. The first-order valence-corrected chi connectivity index (χ1v) is 7.12. The van der Waals surface area contributed by atoms with Crippen LogP contribution in [0.1, 0.15) is 60.3 Å². The van der Waals surface area contributed by atoms with Crippen LogP contribution >= 0.6 is 0 Å². The molecule has 1 rings (SSSR count). The van der Waals surface area contributed by atoms with E-state index in [0.29, 0.717) is 5.41 Å². The molecule has 0 aromatic carbocycles. The highest BCUT2D eigenvalue weighted by Gasteiger charge is 2.33. The first-order chi connectivity index (χ1) is 7.41. The van der Waals surface area contributed by atoms with Gasteiger partial charge in [0.25, 0.3) is 0 Å². The first-order valence-electron chi connectivity index (χ1n) is 7.12. The zero-order chi connectivity index (χ0) is 12.2. The van der Waals surface area contributed by atoms with Crippen molar-refractivity contribution < 1.29 is 0 Å². The number of hydrogen-bond donors (Lipinski definition) is 1. The van der Waals surface area contributed by atoms with Gasteiger partial charge in [-0.15, -0.1) is 0 Å². The van der Waals surface area contributed by atoms with Crippen molar-refractivity contribution in [2.24, 2.45) is 23.2 Å². The minimum absolute atomic E-state index is 0.491. The minimum Gasteiger partial charge on any atom is -0.316 e. The highest BCUT2D eigenvalue weighted by Crippen LogP contribution is 2.41. The monoisotopic (exact) mass is 225 g/mol. The summed E-state index contributed by atoms with van der Waals surface area (Å²) < 4.78 is 0. The van der Waals surface area contributed by atoms with Gasteiger partial charge in [0.15, 0.2) is 0 Å². The van der Waals surface area contributed by atoms with Gasteiger partial charge in [-0.1, -0.05) is 47.5 Å². The Balaban J connectivity index is 2.41. The van der Waals surface area contributed by atoms with Gasteiger partial charge >= 0.3 is 0 Å². The highest BCUT2D eigenvalue weighted by molar-refractivity contribution is 4.85. The summed E-state index contributed by atoms with van der Waals surface area (Å²) in [6.45, 7) is 14.2. The van der Waals surface area contributed by atoms with E-state index in [0.717, 1.165) is 17.8 Å². The number of rotatable bonds is 4. The average Bonchev–Trinajstić information content (AvgIpc) is 2.16. The molecule has 0 spiro atoms. The topological polar surface area (TPSA) is 12.0 Å². The van der Waals surface area contributed by atoms with E-state index in [1.165, 1.54) is 38.8 Å². The van der Waals surface area contributed by atoms with Crippen LogP contribution in [0.3, 0.4) is 0 Å². The summed E-state index contributed by atoms with van der Waals surface area (Å²) >= 11 is 0. The predicted molar refractivity (Wildman–Crippen MR) is 72.6 cm³/mol. The van der Waals surface area contributed by atoms with Gasteiger partial charge in [-0.3, -0.25) is 0 Å². The Morgan fingerprint density at radius 1 is 1.12 bits per heavy atom. The molecule has 96 valence electrons. The molecule has 0 bridgehead atoms. The Morgan fingerprint density at radius 2 is 1.75 bits per heavy atom. The molecule has 0 amide bonds. The Kier molecular flexibility index (Phi) is 5.30. The van der Waals surface area contributed by atoms with Crippen LogP contribution in [0, 0.1) is 23.2 Å². The maximum absolute atomic E-state index is 3.66. The zero-order valence-electron chi connectivity index (χ0n) is 12.0. The van der Waals surface area contributed by atoms with Crippen LogP contribution in [0.5, 0.6) is 0 Å². The van der Waals surface area contributed by atoms with Gasteiger partial charge in [0.2, 0.25) is 0 Å². The summed E-state index contributed by atoms with van der Waals surface area (Å²) in [5, 5.41) is 3.66. The van der Waals surface area contributed by atoms with Crippen LogP contribution in [0.4, 0.5) is 0 Å². The smallest absolute Gasteiger partial charge is 0.00176 e. The third kappa shape index (κ3) is 4.45. The molecule has 2 atom stereocenters. The Hall–Kier alpha value is -0.0400. The zero-order valence-corrected chi connectivity index (χ0v) is 12.0. The molecular weight excluding hydrogens is 194 g/mol. The summed E-state index contributed by atoms with van der Waals surface area (Å²) in [6, 6.07) is 0. The molecule has 1 heteroatoms. The van der Waals surface area contributed by atoms with E-state index >= 15 is 0 Å². The molecule has 1 nitrogen and oxygen atoms in total. The third-order valence-corrected chi connectivity index (χ3v) is 3.98. The van der Waals surface area contributed by atoms with Crippen molar-refractivity contribution >= 4 is 0 Å². The Morgan fingerprint density at radius 3 is 2.31 bits per heavy atom. The van der Waals surface area contributed by atoms with E-state index < -0.39 is 0 Å². The summed E-state index contributed by atoms with van der Waals surface area (Å²) in [6.07, 6.45) is 5.77. The molecule has 1 aliphatic carbocycles. The second kappa shape index (κ2) is 6.05. The van der Waals surface area contributed by atoms with Crippen LogP contribution < -0.4 is 5.32 Å². The molecule has 0 saturated heterocycles. The lowest BCUT2D eigenvalue weighted by Gasteiger charge is -2.40. The molecule has 1 saturated carbocycles. The average molecular weight is 225 g/mol. The molecule has 0 aliphatic heterocycles. The fourth-order valence-corrected chi connectivity index (χ4v) is 3.15. The molecule has 2 unspecified atom stereocenters. The molecule has 0 radical (unpaired) electrons. The molecule has 0 aromatic heterocycles. The lowest BCUT2D eigenvalue weighted by atomic mass is 9.66. The summed E-state index contributed by atoms with van der Waals surface area (Å²) in [4.78, 5) is 0. The van der Waals surface area contributed by atoms with Gasteiger partial charge in [-0.05, 0) is 49.1 Å². The van der Waals surface area contributed by atoms with E-state index in [1.54, 1.807) is 0 Å². The lowest BCUT2D eigenvalue weighted by Crippen LogP contribution is -2.38. The Bertz CT molecular complexity index is 190. The van der Waals surface area contributed by atoms with Gasteiger partial charge in [0, 0.05) is 0 Å². The van der Waals surface area contributed by atoms with Crippen LogP contribution in [0.25, 0.3) is 0 Å². The van der Waals surface area contributed by atoms with E-state index in [1.807, 2.05) is 0 Å². The number of nitrogens with one attached hydrogen (secondary N) is 1. The van der Waals surface area contributed by atoms with Crippen LogP contribution in [-0.4, -0.2) is 13.1 Å². The van der Waals surface area contributed by atoms with Gasteiger partial charge in [0.05, 0.1) is 0 Å². The maximum Gasteiger partial charge on any atom is -0.00176 e. The largest absolute Gasteiger partial charge is 0.316 e. The van der Waals surface area contributed by atoms with E-state index in [4.69, 9.17) is 0 Å². The van der Waals surface area contributed by atoms with Gasteiger partial charge < -0.3 is 5.32 Å². The van der Waals surface area contributed by atoms with Crippen LogP contribution in [-0.2, 0) is 0 Å². The van der Waals surface area contributed by atoms with Crippen LogP contribution in [0.15, 0.2) is 0 Å². The van der Waals surface area contributed by atoms with Gasteiger partial charge in [0.1, 0.15) is 0 Å². The Labute approximate surface area is 102 Å². The van der Waals surface area contributed by atoms with Crippen LogP contribution in [0.2, 0.25) is 0 Å². The van der Waals surface area contributed by atoms with E-state index in [-0.39, 0.29) is 0 Å². The number of hydrogen-bond acceptors (Lipinski definition) is 1. The lowest BCUT2D eigenvalue weighted by molar-refractivity contribution is 0.106. The highest BCUT2D eigenvalue weighted by atomic mass is 14.9.